The first kappa shape index (κ1) is 11.1. The Morgan fingerprint density at radius 2 is 2.40 bits per heavy atom. The van der Waals surface area contributed by atoms with Crippen LogP contribution in [0.15, 0.2) is 17.5 Å². The molecule has 0 aromatic carbocycles. The zero-order valence-electron chi connectivity index (χ0n) is 9.15. The van der Waals surface area contributed by atoms with Gasteiger partial charge in [-0.3, -0.25) is 0 Å². The second-order valence-corrected chi connectivity index (χ2v) is 5.39. The molecule has 2 rings (SSSR count). The maximum Gasteiger partial charge on any atom is 0.0445 e. The predicted molar refractivity (Wildman–Crippen MR) is 64.1 cm³/mol. The molecule has 1 heterocycles. The molecule has 0 radical (unpaired) electrons. The zero-order valence-corrected chi connectivity index (χ0v) is 9.96. The van der Waals surface area contributed by atoms with Crippen molar-refractivity contribution in [2.24, 2.45) is 5.92 Å². The van der Waals surface area contributed by atoms with Gasteiger partial charge in [-0.15, -0.1) is 11.3 Å². The summed E-state index contributed by atoms with van der Waals surface area (Å²) in [6, 6.07) is 5.26. The fourth-order valence-corrected chi connectivity index (χ4v) is 2.81. The van der Waals surface area contributed by atoms with Crippen LogP contribution in [0.3, 0.4) is 0 Å². The fourth-order valence-electron chi connectivity index (χ4n) is 1.93. The molecule has 1 aromatic heterocycles. The van der Waals surface area contributed by atoms with Crippen LogP contribution in [0, 0.1) is 5.92 Å². The molecule has 1 saturated carbocycles. The molecular weight excluding hydrogens is 206 g/mol. The predicted octanol–water partition coefficient (Wildman–Crippen LogP) is 2.56. The van der Waals surface area contributed by atoms with Crippen molar-refractivity contribution in [1.82, 2.24) is 5.32 Å². The lowest BCUT2D eigenvalue weighted by atomic mass is 10.1. The van der Waals surface area contributed by atoms with Gasteiger partial charge >= 0.3 is 0 Å². The minimum absolute atomic E-state index is 0.274. The minimum Gasteiger partial charge on any atom is -0.396 e. The lowest BCUT2D eigenvalue weighted by molar-refractivity contribution is 0.260. The summed E-state index contributed by atoms with van der Waals surface area (Å²) in [5, 5.41) is 14.7. The van der Waals surface area contributed by atoms with Gasteiger partial charge in [0.25, 0.3) is 0 Å². The second-order valence-electron chi connectivity index (χ2n) is 4.41. The molecule has 0 aliphatic heterocycles. The Kier molecular flexibility index (Phi) is 3.78. The van der Waals surface area contributed by atoms with Crippen LogP contribution in [0.1, 0.15) is 37.1 Å². The van der Waals surface area contributed by atoms with Crippen molar-refractivity contribution in [2.75, 3.05) is 6.61 Å². The van der Waals surface area contributed by atoms with Gasteiger partial charge in [0.05, 0.1) is 0 Å². The SMILES string of the molecule is C[C@H](CCO)NC(c1cccs1)C1CC1. The molecule has 0 saturated heterocycles. The van der Waals surface area contributed by atoms with Crippen molar-refractivity contribution in [2.45, 2.75) is 38.3 Å². The van der Waals surface area contributed by atoms with Crippen LogP contribution in [0.4, 0.5) is 0 Å². The standard InChI is InChI=1S/C12H19NOS/c1-9(6-7-14)13-12(10-4-5-10)11-3-2-8-15-11/h2-3,8-10,12-14H,4-7H2,1H3/t9-,12?/m1/s1. The van der Waals surface area contributed by atoms with Crippen LogP contribution in [-0.4, -0.2) is 17.8 Å². The summed E-state index contributed by atoms with van der Waals surface area (Å²) >= 11 is 1.83. The van der Waals surface area contributed by atoms with Crippen LogP contribution in [0.2, 0.25) is 0 Å². The molecule has 1 aliphatic rings. The molecule has 0 bridgehead atoms. The number of aliphatic hydroxyl groups excluding tert-OH is 1. The van der Waals surface area contributed by atoms with E-state index in [0.717, 1.165) is 12.3 Å². The van der Waals surface area contributed by atoms with Gasteiger partial charge in [0.2, 0.25) is 0 Å². The Balaban J connectivity index is 1.95. The summed E-state index contributed by atoms with van der Waals surface area (Å²) in [6.07, 6.45) is 3.54. The first-order chi connectivity index (χ1) is 7.31. The smallest absolute Gasteiger partial charge is 0.0445 e. The van der Waals surface area contributed by atoms with Crippen LogP contribution in [-0.2, 0) is 0 Å². The molecular formula is C12H19NOS. The Bertz CT molecular complexity index is 282. The summed E-state index contributed by atoms with van der Waals surface area (Å²) in [5.41, 5.74) is 0. The first-order valence-electron chi connectivity index (χ1n) is 5.71. The molecule has 1 unspecified atom stereocenters. The van der Waals surface area contributed by atoms with Gasteiger partial charge in [0, 0.05) is 23.6 Å². The molecule has 3 heteroatoms. The topological polar surface area (TPSA) is 32.3 Å². The summed E-state index contributed by atoms with van der Waals surface area (Å²) in [4.78, 5) is 1.45. The van der Waals surface area contributed by atoms with E-state index in [1.165, 1.54) is 17.7 Å². The molecule has 0 amide bonds. The number of hydrogen-bond acceptors (Lipinski definition) is 3. The third-order valence-electron chi connectivity index (χ3n) is 2.97. The Hall–Kier alpha value is -0.380. The largest absolute Gasteiger partial charge is 0.396 e. The lowest BCUT2D eigenvalue weighted by Gasteiger charge is -2.21. The van der Waals surface area contributed by atoms with E-state index in [4.69, 9.17) is 5.11 Å². The highest BCUT2D eigenvalue weighted by Gasteiger charge is 2.33. The summed E-state index contributed by atoms with van der Waals surface area (Å²) < 4.78 is 0. The third-order valence-corrected chi connectivity index (χ3v) is 3.92. The molecule has 84 valence electrons. The van der Waals surface area contributed by atoms with E-state index >= 15 is 0 Å². The van der Waals surface area contributed by atoms with Gasteiger partial charge in [-0.25, -0.2) is 0 Å². The van der Waals surface area contributed by atoms with Crippen LogP contribution >= 0.6 is 11.3 Å². The van der Waals surface area contributed by atoms with Crippen LogP contribution in [0.25, 0.3) is 0 Å². The molecule has 15 heavy (non-hydrogen) atoms. The van der Waals surface area contributed by atoms with Crippen molar-refractivity contribution < 1.29 is 5.11 Å². The maximum absolute atomic E-state index is 8.90. The van der Waals surface area contributed by atoms with Crippen molar-refractivity contribution in [3.05, 3.63) is 22.4 Å². The van der Waals surface area contributed by atoms with Gasteiger partial charge in [0.15, 0.2) is 0 Å². The average Bonchev–Trinajstić information content (AvgIpc) is 2.90. The second kappa shape index (κ2) is 5.10. The highest BCUT2D eigenvalue weighted by Crippen LogP contribution is 2.42. The Morgan fingerprint density at radius 1 is 1.60 bits per heavy atom. The lowest BCUT2D eigenvalue weighted by Crippen LogP contribution is -2.32. The third kappa shape index (κ3) is 3.03. The quantitative estimate of drug-likeness (QED) is 0.780. The van der Waals surface area contributed by atoms with Gasteiger partial charge < -0.3 is 10.4 Å². The van der Waals surface area contributed by atoms with E-state index in [1.54, 1.807) is 0 Å². The molecule has 1 aliphatic carbocycles. The molecule has 2 N–H and O–H groups in total. The van der Waals surface area contributed by atoms with E-state index in [0.29, 0.717) is 12.1 Å². The van der Waals surface area contributed by atoms with Crippen LogP contribution in [0.5, 0.6) is 0 Å². The van der Waals surface area contributed by atoms with E-state index < -0.39 is 0 Å². The number of aliphatic hydroxyl groups is 1. The van der Waals surface area contributed by atoms with Crippen molar-refractivity contribution in [3.63, 3.8) is 0 Å². The van der Waals surface area contributed by atoms with Gasteiger partial charge in [-0.1, -0.05) is 6.07 Å². The minimum atomic E-state index is 0.274. The molecule has 2 atom stereocenters. The van der Waals surface area contributed by atoms with E-state index in [1.807, 2.05) is 11.3 Å². The summed E-state index contributed by atoms with van der Waals surface area (Å²) in [7, 11) is 0. The van der Waals surface area contributed by atoms with E-state index in [9.17, 15) is 0 Å². The van der Waals surface area contributed by atoms with E-state index in [2.05, 4.69) is 29.8 Å². The van der Waals surface area contributed by atoms with Gasteiger partial charge in [0.1, 0.15) is 0 Å². The normalized spacial score (nSPS) is 20.1. The highest BCUT2D eigenvalue weighted by atomic mass is 32.1. The number of nitrogens with one attached hydrogen (secondary N) is 1. The monoisotopic (exact) mass is 225 g/mol. The van der Waals surface area contributed by atoms with Gasteiger partial charge in [-0.05, 0) is 43.6 Å². The van der Waals surface area contributed by atoms with Crippen molar-refractivity contribution in [3.8, 4) is 0 Å². The molecule has 1 fully saturated rings. The first-order valence-corrected chi connectivity index (χ1v) is 6.59. The summed E-state index contributed by atoms with van der Waals surface area (Å²) in [5.74, 6) is 0.824. The summed E-state index contributed by atoms with van der Waals surface area (Å²) in [6.45, 7) is 2.43. The molecule has 2 nitrogen and oxygen atoms in total. The Labute approximate surface area is 95.3 Å². The fraction of sp³-hybridized carbons (Fsp3) is 0.667. The number of rotatable bonds is 6. The van der Waals surface area contributed by atoms with E-state index in [-0.39, 0.29) is 6.61 Å². The maximum atomic E-state index is 8.90. The zero-order chi connectivity index (χ0) is 10.7. The highest BCUT2D eigenvalue weighted by molar-refractivity contribution is 7.10. The Morgan fingerprint density at radius 3 is 2.93 bits per heavy atom. The molecule has 1 aromatic rings. The number of hydrogen-bond donors (Lipinski definition) is 2. The van der Waals surface area contributed by atoms with Crippen molar-refractivity contribution >= 4 is 11.3 Å². The molecule has 0 spiro atoms. The van der Waals surface area contributed by atoms with Crippen molar-refractivity contribution in [1.29, 1.82) is 0 Å². The number of thiophene rings is 1. The van der Waals surface area contributed by atoms with Gasteiger partial charge in [-0.2, -0.15) is 0 Å². The van der Waals surface area contributed by atoms with Crippen LogP contribution < -0.4 is 5.32 Å². The average molecular weight is 225 g/mol.